The van der Waals surface area contributed by atoms with E-state index in [0.29, 0.717) is 178 Å². The average molecular weight is 923 g/mol. The fraction of sp³-hybridized carbons (Fsp3) is 1.00. The molecule has 0 aliphatic carbocycles. The van der Waals surface area contributed by atoms with Crippen LogP contribution < -0.4 is 0 Å². The Morgan fingerprint density at radius 3 is 0.607 bits per heavy atom. The summed E-state index contributed by atoms with van der Waals surface area (Å²) in [6, 6.07) is 1.96. The van der Waals surface area contributed by atoms with Gasteiger partial charge in [0.1, 0.15) is 0 Å². The van der Waals surface area contributed by atoms with E-state index in [4.69, 9.17) is 79.3 Å². The van der Waals surface area contributed by atoms with Crippen molar-refractivity contribution in [3.63, 3.8) is 0 Å². The van der Waals surface area contributed by atoms with Crippen LogP contribution in [0.5, 0.6) is 0 Å². The summed E-state index contributed by atoms with van der Waals surface area (Å²) in [7, 11) is -4.04. The zero-order valence-electron chi connectivity index (χ0n) is 39.4. The maximum absolute atomic E-state index is 5.89. The van der Waals surface area contributed by atoms with Crippen LogP contribution in [-0.4, -0.2) is 215 Å². The van der Waals surface area contributed by atoms with Crippen LogP contribution >= 0.6 is 0 Å². The standard InChI is InChI=1S/C42H90O17Si2/c1-7-56-60(5,57-8-2)41-13-11-12-15-43-17-19-45-21-23-47-25-27-49-29-31-51-33-35-53-37-39-55-40-38-54-36-34-52-32-30-50-28-26-48-24-22-46-20-18-44-16-14-42-61(6,58-9-3)59-10-4/h7-42H2,1-6H3. The smallest absolute Gasteiger partial charge is 0.334 e. The van der Waals surface area contributed by atoms with Crippen LogP contribution in [0.3, 0.4) is 0 Å². The molecular formula is C42H90O17Si2. The van der Waals surface area contributed by atoms with Gasteiger partial charge in [0.2, 0.25) is 0 Å². The van der Waals surface area contributed by atoms with E-state index in [9.17, 15) is 0 Å². The molecule has 0 rings (SSSR count). The van der Waals surface area contributed by atoms with E-state index in [-0.39, 0.29) is 0 Å². The molecule has 0 radical (unpaired) electrons. The van der Waals surface area contributed by atoms with Gasteiger partial charge in [-0.25, -0.2) is 0 Å². The molecule has 19 heteroatoms. The van der Waals surface area contributed by atoms with E-state index in [1.54, 1.807) is 0 Å². The third-order valence-electron chi connectivity index (χ3n) is 8.60. The molecule has 0 saturated heterocycles. The molecule has 0 N–H and O–H groups in total. The summed E-state index contributed by atoms with van der Waals surface area (Å²) in [5.41, 5.74) is 0. The molecule has 0 bridgehead atoms. The first kappa shape index (κ1) is 60.8. The van der Waals surface area contributed by atoms with Crippen LogP contribution in [0.4, 0.5) is 0 Å². The highest BCUT2D eigenvalue weighted by Crippen LogP contribution is 2.18. The second kappa shape index (κ2) is 49.2. The predicted octanol–water partition coefficient (Wildman–Crippen LogP) is 5.05. The zero-order valence-corrected chi connectivity index (χ0v) is 41.4. The summed E-state index contributed by atoms with van der Waals surface area (Å²) < 4.78 is 95.6. The third kappa shape index (κ3) is 46.1. The van der Waals surface area contributed by atoms with Crippen molar-refractivity contribution < 1.29 is 79.3 Å². The molecule has 61 heavy (non-hydrogen) atoms. The maximum atomic E-state index is 5.89. The summed E-state index contributed by atoms with van der Waals surface area (Å²) in [6.07, 6.45) is 4.20. The summed E-state index contributed by atoms with van der Waals surface area (Å²) in [5, 5.41) is 0. The quantitative estimate of drug-likeness (QED) is 0.0589. The van der Waals surface area contributed by atoms with Crippen molar-refractivity contribution in [2.45, 2.75) is 78.6 Å². The molecule has 0 aliphatic rings. The first-order valence-corrected chi connectivity index (χ1v) is 28.1. The molecule has 0 saturated carbocycles. The number of ether oxygens (including phenoxy) is 13. The number of rotatable bonds is 54. The Morgan fingerprint density at radius 1 is 0.213 bits per heavy atom. The molecule has 0 unspecified atom stereocenters. The van der Waals surface area contributed by atoms with Gasteiger partial charge in [0.05, 0.1) is 159 Å². The molecule has 0 aliphatic heterocycles. The Balaban J connectivity index is 3.17. The van der Waals surface area contributed by atoms with E-state index < -0.39 is 17.1 Å². The molecule has 17 nitrogen and oxygen atoms in total. The van der Waals surface area contributed by atoms with E-state index in [0.717, 1.165) is 57.6 Å². The van der Waals surface area contributed by atoms with Crippen molar-refractivity contribution in [1.82, 2.24) is 0 Å². The van der Waals surface area contributed by atoms with Gasteiger partial charge in [-0.3, -0.25) is 0 Å². The molecule has 0 amide bonds. The largest absolute Gasteiger partial charge is 0.395 e. The molecule has 0 spiro atoms. The number of hydrogen-bond donors (Lipinski definition) is 0. The van der Waals surface area contributed by atoms with Gasteiger partial charge < -0.3 is 79.3 Å². The second-order valence-electron chi connectivity index (χ2n) is 13.9. The SMILES string of the molecule is CCO[Si](C)(CCCCCOCCOCCOCCOCCOCCOCCOCCOCCOCCOCCOCCOCCOCCC[Si](C)(OCC)OCC)OCC. The molecule has 0 aromatic rings. The topological polar surface area (TPSA) is 157 Å². The van der Waals surface area contributed by atoms with Gasteiger partial charge in [-0.2, -0.15) is 0 Å². The van der Waals surface area contributed by atoms with Gasteiger partial charge in [-0.1, -0.05) is 12.8 Å². The molecule has 0 atom stereocenters. The minimum absolute atomic E-state index is 0.504. The van der Waals surface area contributed by atoms with Crippen LogP contribution in [0.25, 0.3) is 0 Å². The molecule has 0 fully saturated rings. The lowest BCUT2D eigenvalue weighted by Gasteiger charge is -2.25. The van der Waals surface area contributed by atoms with Gasteiger partial charge in [0.15, 0.2) is 0 Å². The van der Waals surface area contributed by atoms with Gasteiger partial charge in [0.25, 0.3) is 0 Å². The van der Waals surface area contributed by atoms with Crippen LogP contribution in [0.15, 0.2) is 0 Å². The summed E-state index contributed by atoms with van der Waals surface area (Å²) in [5.74, 6) is 0. The minimum atomic E-state index is -2.05. The van der Waals surface area contributed by atoms with Crippen LogP contribution in [0, 0.1) is 0 Å². The Bertz CT molecular complexity index is 767. The van der Waals surface area contributed by atoms with Crippen molar-refractivity contribution in [3.8, 4) is 0 Å². The van der Waals surface area contributed by atoms with Gasteiger partial charge >= 0.3 is 17.1 Å². The minimum Gasteiger partial charge on any atom is -0.395 e. The molecule has 0 heterocycles. The Labute approximate surface area is 372 Å². The van der Waals surface area contributed by atoms with Gasteiger partial charge in [-0.15, -0.1) is 0 Å². The van der Waals surface area contributed by atoms with E-state index in [1.165, 1.54) is 0 Å². The Kier molecular flexibility index (Phi) is 49.0. The lowest BCUT2D eigenvalue weighted by atomic mass is 10.3. The van der Waals surface area contributed by atoms with Crippen molar-refractivity contribution in [3.05, 3.63) is 0 Å². The monoisotopic (exact) mass is 923 g/mol. The highest BCUT2D eigenvalue weighted by Gasteiger charge is 2.30. The maximum Gasteiger partial charge on any atom is 0.334 e. The highest BCUT2D eigenvalue weighted by molar-refractivity contribution is 6.66. The van der Waals surface area contributed by atoms with Crippen LogP contribution in [0.2, 0.25) is 25.2 Å². The summed E-state index contributed by atoms with van der Waals surface area (Å²) in [4.78, 5) is 0. The first-order chi connectivity index (χ1) is 29.9. The summed E-state index contributed by atoms with van der Waals surface area (Å²) in [6.45, 7) is 29.2. The predicted molar refractivity (Wildman–Crippen MR) is 238 cm³/mol. The number of hydrogen-bond acceptors (Lipinski definition) is 17. The molecule has 0 aromatic carbocycles. The fourth-order valence-corrected chi connectivity index (χ4v) is 10.5. The molecular weight excluding hydrogens is 833 g/mol. The highest BCUT2D eigenvalue weighted by atomic mass is 28.4. The average Bonchev–Trinajstić information content (AvgIpc) is 3.24. The van der Waals surface area contributed by atoms with Crippen molar-refractivity contribution in [2.75, 3.05) is 198 Å². The van der Waals surface area contributed by atoms with E-state index in [1.807, 2.05) is 27.7 Å². The second-order valence-corrected chi connectivity index (χ2v) is 20.6. The van der Waals surface area contributed by atoms with E-state index >= 15 is 0 Å². The fourth-order valence-electron chi connectivity index (χ4n) is 5.66. The van der Waals surface area contributed by atoms with Crippen LogP contribution in [0.1, 0.15) is 53.4 Å². The number of unbranched alkanes of at least 4 members (excludes halogenated alkanes) is 2. The zero-order chi connectivity index (χ0) is 44.5. The lowest BCUT2D eigenvalue weighted by Crippen LogP contribution is -2.38. The van der Waals surface area contributed by atoms with Crippen molar-refractivity contribution in [2.24, 2.45) is 0 Å². The van der Waals surface area contributed by atoms with Crippen molar-refractivity contribution >= 4 is 17.1 Å². The van der Waals surface area contributed by atoms with Crippen molar-refractivity contribution in [1.29, 1.82) is 0 Å². The van der Waals surface area contributed by atoms with Crippen LogP contribution in [-0.2, 0) is 79.3 Å². The Morgan fingerprint density at radius 2 is 0.393 bits per heavy atom. The van der Waals surface area contributed by atoms with Gasteiger partial charge in [-0.05, 0) is 65.7 Å². The first-order valence-electron chi connectivity index (χ1n) is 23.0. The Hall–Kier alpha value is -0.246. The lowest BCUT2D eigenvalue weighted by molar-refractivity contribution is -0.0290. The summed E-state index contributed by atoms with van der Waals surface area (Å²) >= 11 is 0. The third-order valence-corrected chi connectivity index (χ3v) is 14.7. The van der Waals surface area contributed by atoms with E-state index in [2.05, 4.69) is 13.1 Å². The normalized spacial score (nSPS) is 12.3. The van der Waals surface area contributed by atoms with Gasteiger partial charge in [0, 0.05) is 39.6 Å². The molecule has 0 aromatic heterocycles. The molecule has 368 valence electrons.